The fourth-order valence-corrected chi connectivity index (χ4v) is 5.03. The van der Waals surface area contributed by atoms with E-state index in [-0.39, 0.29) is 36.5 Å². The number of ether oxygens (including phenoxy) is 1. The van der Waals surface area contributed by atoms with Gasteiger partial charge < -0.3 is 20.3 Å². The minimum absolute atomic E-state index is 0.0290. The highest BCUT2D eigenvalue weighted by Crippen LogP contribution is 2.30. The van der Waals surface area contributed by atoms with Crippen molar-refractivity contribution < 1.29 is 19.1 Å². The number of para-hydroxylation sites is 1. The van der Waals surface area contributed by atoms with Crippen molar-refractivity contribution in [3.05, 3.63) is 102 Å². The molecule has 3 aromatic carbocycles. The molecule has 40 heavy (non-hydrogen) atoms. The maximum Gasteiger partial charge on any atom is 0.306 e. The Morgan fingerprint density at radius 3 is 2.00 bits per heavy atom. The molecule has 0 aliphatic carbocycles. The predicted molar refractivity (Wildman–Crippen MR) is 159 cm³/mol. The number of carbonyl (C=O) groups is 3. The van der Waals surface area contributed by atoms with Crippen molar-refractivity contribution >= 4 is 40.8 Å². The molecule has 0 atom stereocenters. The molecule has 1 heterocycles. The highest BCUT2D eigenvalue weighted by atomic mass is 32.1. The zero-order valence-corrected chi connectivity index (χ0v) is 23.4. The summed E-state index contributed by atoms with van der Waals surface area (Å²) in [5.74, 6) is -0.946. The second-order valence-corrected chi connectivity index (χ2v) is 9.81. The number of benzene rings is 3. The zero-order valence-electron chi connectivity index (χ0n) is 22.5. The van der Waals surface area contributed by atoms with Gasteiger partial charge in [-0.05, 0) is 42.4 Å². The quantitative estimate of drug-likeness (QED) is 0.297. The van der Waals surface area contributed by atoms with E-state index in [0.29, 0.717) is 24.3 Å². The zero-order chi connectivity index (χ0) is 28.3. The number of carbonyl (C=O) groups excluding carboxylic acids is 3. The average Bonchev–Trinajstić information content (AvgIpc) is 2.98. The van der Waals surface area contributed by atoms with Crippen LogP contribution in [-0.2, 0) is 14.3 Å². The van der Waals surface area contributed by atoms with E-state index in [1.807, 2.05) is 17.0 Å². The number of rotatable bonds is 9. The number of nitrogens with one attached hydrogen (secondary N) is 2. The smallest absolute Gasteiger partial charge is 0.306 e. The van der Waals surface area contributed by atoms with Gasteiger partial charge in [-0.15, -0.1) is 0 Å². The molecule has 2 amide bonds. The van der Waals surface area contributed by atoms with Crippen molar-refractivity contribution in [3.63, 3.8) is 0 Å². The van der Waals surface area contributed by atoms with Crippen LogP contribution < -0.4 is 10.6 Å². The van der Waals surface area contributed by atoms with Gasteiger partial charge in [0.15, 0.2) is 5.11 Å². The Morgan fingerprint density at radius 2 is 1.40 bits per heavy atom. The summed E-state index contributed by atoms with van der Waals surface area (Å²) in [7, 11) is 0. The van der Waals surface area contributed by atoms with Crippen LogP contribution in [0.3, 0.4) is 0 Å². The predicted octanol–water partition coefficient (Wildman–Crippen LogP) is 4.39. The number of thiocarbonyl (C=S) groups is 1. The van der Waals surface area contributed by atoms with Crippen LogP contribution in [0.4, 0.5) is 5.69 Å². The van der Waals surface area contributed by atoms with Gasteiger partial charge in [-0.25, -0.2) is 0 Å². The molecule has 0 aromatic heterocycles. The third-order valence-electron chi connectivity index (χ3n) is 6.72. The lowest BCUT2D eigenvalue weighted by Crippen LogP contribution is -2.50. The van der Waals surface area contributed by atoms with E-state index in [4.69, 9.17) is 17.0 Å². The largest absolute Gasteiger partial charge is 0.466 e. The molecule has 0 unspecified atom stereocenters. The van der Waals surface area contributed by atoms with Crippen molar-refractivity contribution in [2.24, 2.45) is 0 Å². The van der Waals surface area contributed by atoms with Gasteiger partial charge >= 0.3 is 5.97 Å². The lowest BCUT2D eigenvalue weighted by atomic mass is 9.96. The summed E-state index contributed by atoms with van der Waals surface area (Å²) < 4.78 is 4.84. The monoisotopic (exact) mass is 558 g/mol. The molecule has 8 nitrogen and oxygen atoms in total. The maximum absolute atomic E-state index is 13.6. The molecule has 0 bridgehead atoms. The second-order valence-electron chi connectivity index (χ2n) is 9.40. The lowest BCUT2D eigenvalue weighted by Gasteiger charge is -2.40. The number of amides is 2. The van der Waals surface area contributed by atoms with Crippen molar-refractivity contribution in [3.8, 4) is 0 Å². The fourth-order valence-electron chi connectivity index (χ4n) is 4.81. The average molecular weight is 559 g/mol. The van der Waals surface area contributed by atoms with Gasteiger partial charge in [-0.2, -0.15) is 0 Å². The Balaban J connectivity index is 1.38. The van der Waals surface area contributed by atoms with E-state index in [9.17, 15) is 14.4 Å². The molecule has 0 spiro atoms. The lowest BCUT2D eigenvalue weighted by molar-refractivity contribution is -0.144. The molecule has 0 saturated carbocycles. The van der Waals surface area contributed by atoms with E-state index in [1.165, 1.54) is 11.1 Å². The van der Waals surface area contributed by atoms with Crippen LogP contribution in [-0.4, -0.2) is 65.5 Å². The molecule has 1 aliphatic rings. The topological polar surface area (TPSA) is 91.0 Å². The first kappa shape index (κ1) is 28.9. The summed E-state index contributed by atoms with van der Waals surface area (Å²) in [5.41, 5.74) is 3.43. The van der Waals surface area contributed by atoms with Crippen LogP contribution >= 0.6 is 12.2 Å². The molecular weight excluding hydrogens is 524 g/mol. The molecule has 0 radical (unpaired) electrons. The van der Waals surface area contributed by atoms with Crippen LogP contribution in [0.15, 0.2) is 84.9 Å². The van der Waals surface area contributed by atoms with Crippen LogP contribution in [0.2, 0.25) is 0 Å². The Labute approximate surface area is 240 Å². The van der Waals surface area contributed by atoms with Crippen molar-refractivity contribution in [1.82, 2.24) is 15.1 Å². The van der Waals surface area contributed by atoms with Crippen LogP contribution in [0.5, 0.6) is 0 Å². The summed E-state index contributed by atoms with van der Waals surface area (Å²) in [6.45, 7) is 4.59. The van der Waals surface area contributed by atoms with Gasteiger partial charge in [-0.3, -0.25) is 19.3 Å². The van der Waals surface area contributed by atoms with E-state index in [2.05, 4.69) is 64.1 Å². The summed E-state index contributed by atoms with van der Waals surface area (Å²) in [4.78, 5) is 41.5. The maximum atomic E-state index is 13.6. The van der Waals surface area contributed by atoms with Gasteiger partial charge in [-0.1, -0.05) is 72.8 Å². The molecule has 1 fully saturated rings. The molecule has 208 valence electrons. The number of hydrogen-bond acceptors (Lipinski definition) is 6. The van der Waals surface area contributed by atoms with Crippen LogP contribution in [0, 0.1) is 0 Å². The first-order chi connectivity index (χ1) is 19.5. The Morgan fingerprint density at radius 1 is 0.825 bits per heavy atom. The Kier molecular flexibility index (Phi) is 10.4. The van der Waals surface area contributed by atoms with Gasteiger partial charge in [0.1, 0.15) is 0 Å². The summed E-state index contributed by atoms with van der Waals surface area (Å²) >= 11 is 5.29. The molecule has 4 rings (SSSR count). The van der Waals surface area contributed by atoms with Crippen molar-refractivity contribution in [2.45, 2.75) is 25.8 Å². The Bertz CT molecular complexity index is 1270. The highest BCUT2D eigenvalue weighted by molar-refractivity contribution is 7.80. The van der Waals surface area contributed by atoms with Gasteiger partial charge in [0.2, 0.25) is 5.91 Å². The van der Waals surface area contributed by atoms with E-state index in [0.717, 1.165) is 13.1 Å². The highest BCUT2D eigenvalue weighted by Gasteiger charge is 2.29. The number of anilines is 1. The molecule has 1 saturated heterocycles. The summed E-state index contributed by atoms with van der Waals surface area (Å²) in [5, 5.41) is 5.60. The number of esters is 1. The standard InChI is InChI=1S/C31H34N4O4S/c1-2-39-28(37)18-17-27(36)33-31(40)32-26-16-10-9-15-25(26)30(38)35-21-19-34(20-22-35)29(23-11-5-3-6-12-23)24-13-7-4-8-14-24/h3-16,29H,2,17-22H2,1H3,(H2,32,33,36,40). The van der Waals surface area contributed by atoms with Crippen LogP contribution in [0.25, 0.3) is 0 Å². The number of hydrogen-bond donors (Lipinski definition) is 2. The SMILES string of the molecule is CCOC(=O)CCC(=O)NC(=S)Nc1ccccc1C(=O)N1CCN(C(c2ccccc2)c2ccccc2)CC1. The van der Waals surface area contributed by atoms with E-state index >= 15 is 0 Å². The first-order valence-corrected chi connectivity index (χ1v) is 13.9. The molecule has 3 aromatic rings. The van der Waals surface area contributed by atoms with Crippen molar-refractivity contribution in [1.29, 1.82) is 0 Å². The number of piperazine rings is 1. The molecular formula is C31H34N4O4S. The molecule has 2 N–H and O–H groups in total. The third kappa shape index (κ3) is 7.74. The van der Waals surface area contributed by atoms with Gasteiger partial charge in [0.25, 0.3) is 5.91 Å². The second kappa shape index (κ2) is 14.3. The minimum atomic E-state index is -0.438. The third-order valence-corrected chi connectivity index (χ3v) is 6.92. The van der Waals surface area contributed by atoms with Gasteiger partial charge in [0.05, 0.1) is 30.3 Å². The van der Waals surface area contributed by atoms with E-state index < -0.39 is 11.9 Å². The molecule has 9 heteroatoms. The summed E-state index contributed by atoms with van der Waals surface area (Å²) in [6, 6.07) is 28.1. The summed E-state index contributed by atoms with van der Waals surface area (Å²) in [6.07, 6.45) is -0.0722. The first-order valence-electron chi connectivity index (χ1n) is 13.4. The van der Waals surface area contributed by atoms with E-state index in [1.54, 1.807) is 31.2 Å². The number of nitrogens with zero attached hydrogens (tertiary/aromatic N) is 2. The normalized spacial score (nSPS) is 13.5. The van der Waals surface area contributed by atoms with Gasteiger partial charge in [0, 0.05) is 32.6 Å². The fraction of sp³-hybridized carbons (Fsp3) is 0.290. The molecule has 1 aliphatic heterocycles. The van der Waals surface area contributed by atoms with Crippen molar-refractivity contribution in [2.75, 3.05) is 38.1 Å². The minimum Gasteiger partial charge on any atom is -0.466 e. The van der Waals surface area contributed by atoms with Crippen LogP contribution in [0.1, 0.15) is 47.3 Å². The Hall–Kier alpha value is -4.08.